The predicted molar refractivity (Wildman–Crippen MR) is 111 cm³/mol. The zero-order valence-corrected chi connectivity index (χ0v) is 16.4. The van der Waals surface area contributed by atoms with E-state index in [4.69, 9.17) is 0 Å². The quantitative estimate of drug-likeness (QED) is 0.513. The Bertz CT molecular complexity index is 1090. The van der Waals surface area contributed by atoms with Crippen LogP contribution < -0.4 is 5.32 Å². The van der Waals surface area contributed by atoms with Crippen LogP contribution in [0.2, 0.25) is 0 Å². The fourth-order valence-electron chi connectivity index (χ4n) is 3.45. The van der Waals surface area contributed by atoms with Crippen molar-refractivity contribution in [3.8, 4) is 11.4 Å². The number of carbonyl (C=O) groups is 1. The number of nitrogens with zero attached hydrogens (tertiary/aromatic N) is 5. The van der Waals surface area contributed by atoms with Gasteiger partial charge >= 0.3 is 0 Å². The summed E-state index contributed by atoms with van der Waals surface area (Å²) in [5, 5.41) is 14.4. The molecule has 1 atom stereocenters. The fraction of sp³-hybridized carbons (Fsp3) is 0.238. The molecule has 3 aromatic rings. The first-order valence-electron chi connectivity index (χ1n) is 9.57. The van der Waals surface area contributed by atoms with Gasteiger partial charge in [0.15, 0.2) is 5.82 Å². The van der Waals surface area contributed by atoms with Crippen molar-refractivity contribution in [3.05, 3.63) is 76.2 Å². The highest BCUT2D eigenvalue weighted by molar-refractivity contribution is 5.92. The number of likely N-dealkylation sites (tertiary alicyclic amines) is 1. The molecule has 1 aromatic carbocycles. The van der Waals surface area contributed by atoms with Gasteiger partial charge < -0.3 is 10.2 Å². The number of hydrogen-bond acceptors (Lipinski definition) is 7. The minimum absolute atomic E-state index is 0.00779. The molecule has 4 rings (SSSR count). The number of hydrogen-bond donors (Lipinski definition) is 1. The van der Waals surface area contributed by atoms with Crippen LogP contribution in [-0.2, 0) is 0 Å². The smallest absolute Gasteiger partial charge is 0.272 e. The molecule has 0 saturated carbocycles. The molecule has 0 spiro atoms. The number of nitrogens with one attached hydrogen (secondary N) is 1. The van der Waals surface area contributed by atoms with Crippen molar-refractivity contribution in [2.75, 3.05) is 18.4 Å². The SMILES string of the molecule is Cc1cc(N[C@@H]2CCN(C(=O)c3ccccn3)C2)nc(-c2cccc([N+](=O)[O-])c2)n1. The molecule has 9 nitrogen and oxygen atoms in total. The van der Waals surface area contributed by atoms with Gasteiger partial charge in [0.1, 0.15) is 11.5 Å². The van der Waals surface area contributed by atoms with E-state index in [1.54, 1.807) is 41.4 Å². The van der Waals surface area contributed by atoms with Crippen LogP contribution in [0.1, 0.15) is 22.6 Å². The van der Waals surface area contributed by atoms with Crippen LogP contribution in [0.4, 0.5) is 11.5 Å². The third-order valence-corrected chi connectivity index (χ3v) is 4.88. The summed E-state index contributed by atoms with van der Waals surface area (Å²) in [7, 11) is 0. The standard InChI is InChI=1S/C21H20N6O3/c1-14-11-19(25-20(23-14)15-5-4-6-17(12-15)27(29)30)24-16-8-10-26(13-16)21(28)18-7-2-3-9-22-18/h2-7,9,11-12,16H,8,10,13H2,1H3,(H,23,24,25)/t16-/m1/s1. The molecule has 1 aliphatic heterocycles. The first kappa shape index (κ1) is 19.4. The first-order valence-corrected chi connectivity index (χ1v) is 9.57. The van der Waals surface area contributed by atoms with Gasteiger partial charge in [-0.3, -0.25) is 19.9 Å². The Morgan fingerprint density at radius 3 is 2.83 bits per heavy atom. The lowest BCUT2D eigenvalue weighted by Crippen LogP contribution is -2.32. The molecule has 0 unspecified atom stereocenters. The van der Waals surface area contributed by atoms with Gasteiger partial charge in [0.25, 0.3) is 11.6 Å². The Labute approximate surface area is 173 Å². The highest BCUT2D eigenvalue weighted by atomic mass is 16.6. The third-order valence-electron chi connectivity index (χ3n) is 4.88. The van der Waals surface area contributed by atoms with Gasteiger partial charge in [-0.1, -0.05) is 18.2 Å². The maximum atomic E-state index is 12.6. The molecule has 30 heavy (non-hydrogen) atoms. The van der Waals surface area contributed by atoms with Crippen molar-refractivity contribution in [1.82, 2.24) is 19.9 Å². The monoisotopic (exact) mass is 404 g/mol. The summed E-state index contributed by atoms with van der Waals surface area (Å²) >= 11 is 0. The Kier molecular flexibility index (Phi) is 5.34. The number of amides is 1. The van der Waals surface area contributed by atoms with Crippen molar-refractivity contribution < 1.29 is 9.72 Å². The second kappa shape index (κ2) is 8.24. The topological polar surface area (TPSA) is 114 Å². The van der Waals surface area contributed by atoms with Crippen LogP contribution >= 0.6 is 0 Å². The number of rotatable bonds is 5. The van der Waals surface area contributed by atoms with E-state index in [-0.39, 0.29) is 17.6 Å². The Balaban J connectivity index is 1.49. The van der Waals surface area contributed by atoms with Crippen LogP contribution in [0.5, 0.6) is 0 Å². The zero-order valence-electron chi connectivity index (χ0n) is 16.4. The van der Waals surface area contributed by atoms with Gasteiger partial charge in [-0.15, -0.1) is 0 Å². The van der Waals surface area contributed by atoms with Crippen LogP contribution in [0, 0.1) is 17.0 Å². The number of nitro groups is 1. The van der Waals surface area contributed by atoms with E-state index in [1.807, 2.05) is 13.0 Å². The molecule has 0 bridgehead atoms. The average Bonchev–Trinajstić information content (AvgIpc) is 3.22. The summed E-state index contributed by atoms with van der Waals surface area (Å²) in [6.45, 7) is 3.03. The van der Waals surface area contributed by atoms with Gasteiger partial charge in [0.05, 0.1) is 4.92 Å². The summed E-state index contributed by atoms with van der Waals surface area (Å²) in [5.41, 5.74) is 1.75. The highest BCUT2D eigenvalue weighted by Crippen LogP contribution is 2.24. The van der Waals surface area contributed by atoms with E-state index in [2.05, 4.69) is 20.3 Å². The normalized spacial score (nSPS) is 15.8. The molecule has 1 N–H and O–H groups in total. The molecule has 0 aliphatic carbocycles. The molecular weight excluding hydrogens is 384 g/mol. The van der Waals surface area contributed by atoms with Crippen LogP contribution in [-0.4, -0.2) is 49.8 Å². The number of benzene rings is 1. The number of aromatic nitrogens is 3. The van der Waals surface area contributed by atoms with Gasteiger partial charge in [0, 0.05) is 54.8 Å². The molecule has 0 radical (unpaired) electrons. The number of nitro benzene ring substituents is 1. The number of aryl methyl sites for hydroxylation is 1. The summed E-state index contributed by atoms with van der Waals surface area (Å²) in [6, 6.07) is 13.4. The van der Waals surface area contributed by atoms with E-state index in [9.17, 15) is 14.9 Å². The van der Waals surface area contributed by atoms with Crippen molar-refractivity contribution >= 4 is 17.4 Å². The number of anilines is 1. The van der Waals surface area contributed by atoms with Gasteiger partial charge in [-0.2, -0.15) is 0 Å². The minimum Gasteiger partial charge on any atom is -0.365 e. The van der Waals surface area contributed by atoms with Crippen LogP contribution in [0.3, 0.4) is 0 Å². The molecule has 9 heteroatoms. The summed E-state index contributed by atoms with van der Waals surface area (Å²) < 4.78 is 0. The van der Waals surface area contributed by atoms with Crippen molar-refractivity contribution in [1.29, 1.82) is 0 Å². The predicted octanol–water partition coefficient (Wildman–Crippen LogP) is 3.08. The molecule has 1 fully saturated rings. The second-order valence-electron chi connectivity index (χ2n) is 7.12. The van der Waals surface area contributed by atoms with E-state index in [0.717, 1.165) is 12.1 Å². The summed E-state index contributed by atoms with van der Waals surface area (Å²) in [5.74, 6) is 0.956. The molecule has 1 saturated heterocycles. The van der Waals surface area contributed by atoms with E-state index < -0.39 is 4.92 Å². The maximum absolute atomic E-state index is 12.6. The largest absolute Gasteiger partial charge is 0.365 e. The van der Waals surface area contributed by atoms with Gasteiger partial charge in [-0.05, 0) is 25.5 Å². The first-order chi connectivity index (χ1) is 14.5. The molecule has 3 heterocycles. The molecular formula is C21H20N6O3. The van der Waals surface area contributed by atoms with Gasteiger partial charge in [-0.25, -0.2) is 9.97 Å². The highest BCUT2D eigenvalue weighted by Gasteiger charge is 2.27. The van der Waals surface area contributed by atoms with E-state index >= 15 is 0 Å². The Morgan fingerprint density at radius 2 is 2.07 bits per heavy atom. The second-order valence-corrected chi connectivity index (χ2v) is 7.12. The Hall–Kier alpha value is -3.88. The number of non-ortho nitro benzene ring substituents is 1. The molecule has 1 amide bonds. The number of pyridine rings is 1. The van der Waals surface area contributed by atoms with Crippen molar-refractivity contribution in [3.63, 3.8) is 0 Å². The van der Waals surface area contributed by atoms with Crippen LogP contribution in [0.25, 0.3) is 11.4 Å². The lowest BCUT2D eigenvalue weighted by atomic mass is 10.2. The van der Waals surface area contributed by atoms with Crippen molar-refractivity contribution in [2.24, 2.45) is 0 Å². The molecule has 2 aromatic heterocycles. The summed E-state index contributed by atoms with van der Waals surface area (Å²) in [4.78, 5) is 38.0. The van der Waals surface area contributed by atoms with E-state index in [0.29, 0.717) is 36.0 Å². The molecule has 1 aliphatic rings. The lowest BCUT2D eigenvalue weighted by Gasteiger charge is -2.17. The van der Waals surface area contributed by atoms with Crippen molar-refractivity contribution in [2.45, 2.75) is 19.4 Å². The maximum Gasteiger partial charge on any atom is 0.272 e. The van der Waals surface area contributed by atoms with Crippen LogP contribution in [0.15, 0.2) is 54.7 Å². The zero-order chi connectivity index (χ0) is 21.1. The average molecular weight is 404 g/mol. The fourth-order valence-corrected chi connectivity index (χ4v) is 3.45. The minimum atomic E-state index is -0.440. The van der Waals surface area contributed by atoms with E-state index in [1.165, 1.54) is 12.1 Å². The van der Waals surface area contributed by atoms with Gasteiger partial charge in [0.2, 0.25) is 0 Å². The lowest BCUT2D eigenvalue weighted by molar-refractivity contribution is -0.384. The summed E-state index contributed by atoms with van der Waals surface area (Å²) in [6.07, 6.45) is 2.39. The number of carbonyl (C=O) groups excluding carboxylic acids is 1. The Morgan fingerprint density at radius 1 is 1.20 bits per heavy atom. The molecule has 152 valence electrons. The third kappa shape index (κ3) is 4.24.